The fourth-order valence-corrected chi connectivity index (χ4v) is 5.93. The Morgan fingerprint density at radius 3 is 1.08 bits per heavy atom. The molecule has 0 heterocycles. The van der Waals surface area contributed by atoms with Gasteiger partial charge in [-0.15, -0.1) is 69.1 Å². The molecular weight excluding hydrogens is 727 g/mol. The summed E-state index contributed by atoms with van der Waals surface area (Å²) in [4.78, 5) is 0. The second-order valence-electron chi connectivity index (χ2n) is 15.5. The SMILES string of the molecule is CC(C)c1ccc(-c2cccc3[cH-]c(C(C)(C)C)cc23)cc1.CC(C)c1ccc(-c2cccc3[cH-]c(C(C)(C)C)cc23)cc1.[CH2-]C[CH2-].[Cl-].[Cl-].[Zr+2]. The van der Waals surface area contributed by atoms with E-state index in [0.29, 0.717) is 11.8 Å². The first-order valence-corrected chi connectivity index (χ1v) is 17.3. The molecule has 0 amide bonds. The first kappa shape index (κ1) is 45.6. The van der Waals surface area contributed by atoms with Crippen molar-refractivity contribution in [2.24, 2.45) is 0 Å². The maximum absolute atomic E-state index is 3.38. The van der Waals surface area contributed by atoms with E-state index in [1.54, 1.807) is 0 Å². The Morgan fingerprint density at radius 1 is 0.520 bits per heavy atom. The van der Waals surface area contributed by atoms with Gasteiger partial charge in [0.15, 0.2) is 0 Å². The molecule has 0 atom stereocenters. The monoisotopic (exact) mass is 780 g/mol. The van der Waals surface area contributed by atoms with Gasteiger partial charge in [-0.3, -0.25) is 0 Å². The van der Waals surface area contributed by atoms with E-state index in [-0.39, 0.29) is 61.8 Å². The second kappa shape index (κ2) is 19.4. The summed E-state index contributed by atoms with van der Waals surface area (Å²) < 4.78 is 0. The van der Waals surface area contributed by atoms with Gasteiger partial charge >= 0.3 is 26.2 Å². The van der Waals surface area contributed by atoms with Crippen molar-refractivity contribution in [2.75, 3.05) is 0 Å². The van der Waals surface area contributed by atoms with E-state index >= 15 is 0 Å². The van der Waals surface area contributed by atoms with Crippen LogP contribution in [-0.2, 0) is 37.0 Å². The zero-order valence-electron chi connectivity index (χ0n) is 31.9. The summed E-state index contributed by atoms with van der Waals surface area (Å²) >= 11 is 0. The zero-order valence-corrected chi connectivity index (χ0v) is 35.9. The molecule has 0 aliphatic carbocycles. The minimum atomic E-state index is 0. The molecule has 266 valence electrons. The van der Waals surface area contributed by atoms with Crippen LogP contribution in [-0.4, -0.2) is 0 Å². The summed E-state index contributed by atoms with van der Waals surface area (Å²) in [5.74, 6) is 1.16. The van der Waals surface area contributed by atoms with E-state index in [9.17, 15) is 0 Å². The standard InChI is InChI=1S/2C22H25.C3H6.2ClH.Zr/c2*1-15(2)16-9-11-17(12-10-16)20-8-6-7-18-13-19(14-21(18)20)22(3,4)5;1-3-2;;;/h2*6-15H,1-5H3;1-3H2;2*1H;/q2*-1;-2;;;+2/p-2. The van der Waals surface area contributed by atoms with Crippen LogP contribution in [0.2, 0.25) is 0 Å². The molecule has 0 radical (unpaired) electrons. The van der Waals surface area contributed by atoms with E-state index in [2.05, 4.69) is 192 Å². The molecule has 0 aliphatic heterocycles. The Balaban J connectivity index is 0.000000439. The molecule has 50 heavy (non-hydrogen) atoms. The van der Waals surface area contributed by atoms with Gasteiger partial charge in [-0.25, -0.2) is 0 Å². The molecule has 6 rings (SSSR count). The average Bonchev–Trinajstić information content (AvgIpc) is 3.67. The molecular formula is C47H56Cl2Zr-4. The van der Waals surface area contributed by atoms with Crippen molar-refractivity contribution in [3.05, 3.63) is 145 Å². The molecule has 0 saturated carbocycles. The van der Waals surface area contributed by atoms with Gasteiger partial charge in [0.25, 0.3) is 0 Å². The van der Waals surface area contributed by atoms with Crippen molar-refractivity contribution in [1.82, 2.24) is 0 Å². The van der Waals surface area contributed by atoms with E-state index in [0.717, 1.165) is 6.42 Å². The van der Waals surface area contributed by atoms with Crippen molar-refractivity contribution in [2.45, 2.75) is 98.3 Å². The van der Waals surface area contributed by atoms with Gasteiger partial charge in [-0.2, -0.15) is 12.1 Å². The average molecular weight is 783 g/mol. The third kappa shape index (κ3) is 11.3. The van der Waals surface area contributed by atoms with E-state index in [4.69, 9.17) is 0 Å². The first-order chi connectivity index (χ1) is 22.1. The Hall–Kier alpha value is -2.44. The molecule has 0 N–H and O–H groups in total. The summed E-state index contributed by atoms with van der Waals surface area (Å²) in [7, 11) is 0. The Morgan fingerprint density at radius 2 is 0.820 bits per heavy atom. The van der Waals surface area contributed by atoms with Crippen molar-refractivity contribution in [3.8, 4) is 22.3 Å². The number of rotatable bonds is 4. The van der Waals surface area contributed by atoms with Crippen LogP contribution in [0.3, 0.4) is 0 Å². The van der Waals surface area contributed by atoms with Crippen molar-refractivity contribution in [3.63, 3.8) is 0 Å². The topological polar surface area (TPSA) is 0 Å². The minimum absolute atomic E-state index is 0. The van der Waals surface area contributed by atoms with Crippen LogP contribution in [0.4, 0.5) is 0 Å². The molecule has 0 aromatic heterocycles. The minimum Gasteiger partial charge on any atom is -1.00 e. The van der Waals surface area contributed by atoms with Gasteiger partial charge < -0.3 is 45.1 Å². The van der Waals surface area contributed by atoms with Gasteiger partial charge in [0.2, 0.25) is 0 Å². The van der Waals surface area contributed by atoms with Crippen LogP contribution >= 0.6 is 0 Å². The van der Waals surface area contributed by atoms with Gasteiger partial charge in [0.1, 0.15) is 0 Å². The van der Waals surface area contributed by atoms with Crippen LogP contribution in [0.1, 0.15) is 110 Å². The van der Waals surface area contributed by atoms with Gasteiger partial charge in [0.05, 0.1) is 0 Å². The molecule has 0 fully saturated rings. The summed E-state index contributed by atoms with van der Waals surface area (Å²) in [5.41, 5.74) is 11.3. The predicted molar refractivity (Wildman–Crippen MR) is 211 cm³/mol. The molecule has 0 spiro atoms. The molecule has 0 saturated heterocycles. The molecule has 3 heteroatoms. The van der Waals surface area contributed by atoms with Crippen LogP contribution in [0.15, 0.2) is 109 Å². The Kier molecular flexibility index (Phi) is 17.7. The van der Waals surface area contributed by atoms with Crippen LogP contribution in [0, 0.1) is 13.8 Å². The van der Waals surface area contributed by atoms with Crippen molar-refractivity contribution < 1.29 is 51.0 Å². The normalized spacial score (nSPS) is 11.2. The Bertz CT molecular complexity index is 1730. The van der Waals surface area contributed by atoms with Gasteiger partial charge in [-0.05, 0) is 44.9 Å². The quantitative estimate of drug-likeness (QED) is 0.158. The number of fused-ring (bicyclic) bond motifs is 2. The maximum Gasteiger partial charge on any atom is 2.00 e. The fourth-order valence-electron chi connectivity index (χ4n) is 5.93. The number of hydrogen-bond acceptors (Lipinski definition) is 0. The summed E-state index contributed by atoms with van der Waals surface area (Å²) in [6.45, 7) is 29.4. The van der Waals surface area contributed by atoms with E-state index in [1.807, 2.05) is 0 Å². The first-order valence-electron chi connectivity index (χ1n) is 17.3. The summed E-state index contributed by atoms with van der Waals surface area (Å²) in [6, 6.07) is 40.7. The van der Waals surface area contributed by atoms with Crippen LogP contribution in [0.5, 0.6) is 0 Å². The molecule has 6 aromatic rings. The molecule has 0 aliphatic rings. The molecule has 0 nitrogen and oxygen atoms in total. The van der Waals surface area contributed by atoms with Crippen LogP contribution in [0.25, 0.3) is 43.8 Å². The predicted octanol–water partition coefficient (Wildman–Crippen LogP) is 8.34. The number of benzene rings is 4. The number of halogens is 2. The summed E-state index contributed by atoms with van der Waals surface area (Å²) in [6.07, 6.45) is 0.750. The fraction of sp³-hybridized carbons (Fsp3) is 0.319. The number of hydrogen-bond donors (Lipinski definition) is 0. The maximum atomic E-state index is 3.38. The van der Waals surface area contributed by atoms with Crippen molar-refractivity contribution >= 4 is 21.5 Å². The van der Waals surface area contributed by atoms with Gasteiger partial charge in [0, 0.05) is 0 Å². The van der Waals surface area contributed by atoms with Crippen molar-refractivity contribution in [1.29, 1.82) is 0 Å². The summed E-state index contributed by atoms with van der Waals surface area (Å²) in [5, 5.41) is 5.42. The second-order valence-corrected chi connectivity index (χ2v) is 15.5. The largest absolute Gasteiger partial charge is 2.00 e. The van der Waals surface area contributed by atoms with E-state index in [1.165, 1.54) is 66.1 Å². The van der Waals surface area contributed by atoms with E-state index < -0.39 is 0 Å². The smallest absolute Gasteiger partial charge is 1.00 e. The molecule has 0 bridgehead atoms. The third-order valence-electron chi connectivity index (χ3n) is 9.01. The van der Waals surface area contributed by atoms with Gasteiger partial charge in [-0.1, -0.05) is 141 Å². The third-order valence-corrected chi connectivity index (χ3v) is 9.01. The molecule has 0 unspecified atom stereocenters. The zero-order chi connectivity index (χ0) is 34.5. The Labute approximate surface area is 336 Å². The van der Waals surface area contributed by atoms with Crippen LogP contribution < -0.4 is 24.8 Å². The molecule has 6 aromatic carbocycles.